The lowest BCUT2D eigenvalue weighted by Gasteiger charge is -2.15. The fourth-order valence-electron chi connectivity index (χ4n) is 3.63. The molecule has 0 unspecified atom stereocenters. The maximum atomic E-state index is 12.3. The first-order chi connectivity index (χ1) is 21.7. The number of allylic oxidation sites excluding steroid dienone is 15. The Labute approximate surface area is 282 Å². The van der Waals surface area contributed by atoms with Gasteiger partial charge >= 0.3 is 15.2 Å². The van der Waals surface area contributed by atoms with Gasteiger partial charge in [-0.1, -0.05) is 82.5 Å². The second-order valence-electron chi connectivity index (χ2n) is 11.3. The van der Waals surface area contributed by atoms with Gasteiger partial charge in [0.25, 0.3) is 0 Å². The van der Waals surface area contributed by atoms with E-state index in [4.69, 9.17) is 18.1 Å². The summed E-state index contributed by atoms with van der Waals surface area (Å²) in [6.07, 6.45) is 23.2. The molecule has 0 bridgehead atoms. The largest absolute Gasteiger partial charge is 0.361 e. The molecule has 0 aromatic rings. The molecule has 0 atom stereocenters. The van der Waals surface area contributed by atoms with E-state index in [0.29, 0.717) is 32.6 Å². The molecule has 0 spiro atoms. The lowest BCUT2D eigenvalue weighted by molar-refractivity contribution is 0.222. The Hall–Kier alpha value is -2.00. The first kappa shape index (κ1) is 46.1. The molecule has 0 aromatic carbocycles. The Balaban J connectivity index is 0. The van der Waals surface area contributed by atoms with Crippen LogP contribution in [-0.2, 0) is 27.2 Å². The Morgan fingerprint density at radius 3 is 1.46 bits per heavy atom. The summed E-state index contributed by atoms with van der Waals surface area (Å²) in [7, 11) is -6.14. The van der Waals surface area contributed by atoms with Crippen LogP contribution >= 0.6 is 15.2 Å². The van der Waals surface area contributed by atoms with E-state index < -0.39 is 15.2 Å². The van der Waals surface area contributed by atoms with Crippen LogP contribution in [0.3, 0.4) is 0 Å². The molecule has 0 N–H and O–H groups in total. The predicted octanol–water partition coefficient (Wildman–Crippen LogP) is 13.0. The molecular formula is C38H64O6P2. The summed E-state index contributed by atoms with van der Waals surface area (Å²) < 4.78 is 45.5. The smallest absolute Gasteiger partial charge is 0.309 e. The Morgan fingerprint density at radius 1 is 0.609 bits per heavy atom. The molecule has 0 saturated carbocycles. The minimum absolute atomic E-state index is 0.314. The summed E-state index contributed by atoms with van der Waals surface area (Å²) in [6, 6.07) is 0. The normalized spacial score (nSPS) is 12.9. The highest BCUT2D eigenvalue weighted by atomic mass is 31.2. The van der Waals surface area contributed by atoms with Crippen molar-refractivity contribution in [1.29, 1.82) is 0 Å². The van der Waals surface area contributed by atoms with Crippen LogP contribution in [-0.4, -0.2) is 32.6 Å². The van der Waals surface area contributed by atoms with Crippen molar-refractivity contribution in [3.63, 3.8) is 0 Å². The van der Waals surface area contributed by atoms with E-state index in [9.17, 15) is 9.13 Å². The topological polar surface area (TPSA) is 71.1 Å². The monoisotopic (exact) mass is 678 g/mol. The van der Waals surface area contributed by atoms with Crippen LogP contribution in [0.25, 0.3) is 0 Å². The third-order valence-corrected chi connectivity index (χ3v) is 9.62. The van der Waals surface area contributed by atoms with Crippen LogP contribution in [0.1, 0.15) is 109 Å². The van der Waals surface area contributed by atoms with Crippen molar-refractivity contribution in [2.24, 2.45) is 0 Å². The first-order valence-corrected chi connectivity index (χ1v) is 19.8. The van der Waals surface area contributed by atoms with Gasteiger partial charge in [-0.3, -0.25) is 9.13 Å². The standard InChI is InChI=1S/C19H33O3P.C19H31O3P/c2*1-7-21-23(20,22-8-2)16-15-19(6)14-10-13-18(5)12-9-11-17(3)4/h10-11,13-15H,7-9,12,16H2,1-6H3;10-11,13-14,16H,7-9,12H2,1-6H3/b14-10+,18-13+,19-15+;14-10+,18-13+. The van der Waals surface area contributed by atoms with Crippen LogP contribution in [0.4, 0.5) is 0 Å². The van der Waals surface area contributed by atoms with Crippen LogP contribution in [0.2, 0.25) is 0 Å². The van der Waals surface area contributed by atoms with Gasteiger partial charge in [-0.2, -0.15) is 0 Å². The zero-order chi connectivity index (χ0) is 35.4. The van der Waals surface area contributed by atoms with Crippen molar-refractivity contribution in [2.75, 3.05) is 32.6 Å². The number of rotatable bonds is 21. The summed E-state index contributed by atoms with van der Waals surface area (Å²) >= 11 is 0. The van der Waals surface area contributed by atoms with Crippen LogP contribution in [0, 0.1) is 0 Å². The maximum Gasteiger partial charge on any atom is 0.361 e. The van der Waals surface area contributed by atoms with Gasteiger partial charge in [0.15, 0.2) is 0 Å². The highest BCUT2D eigenvalue weighted by Gasteiger charge is 2.21. The molecule has 0 amide bonds. The Kier molecular flexibility index (Phi) is 28.1. The Bertz CT molecular complexity index is 1210. The van der Waals surface area contributed by atoms with Gasteiger partial charge in [0.05, 0.1) is 38.4 Å². The van der Waals surface area contributed by atoms with Gasteiger partial charge in [0.1, 0.15) is 0 Å². The minimum atomic E-state index is -3.16. The van der Waals surface area contributed by atoms with Gasteiger partial charge < -0.3 is 18.1 Å². The summed E-state index contributed by atoms with van der Waals surface area (Å²) in [5, 5.41) is 0. The van der Waals surface area contributed by atoms with E-state index in [1.165, 1.54) is 28.1 Å². The van der Waals surface area contributed by atoms with Crippen molar-refractivity contribution >= 4 is 15.2 Å². The van der Waals surface area contributed by atoms with E-state index in [1.807, 2.05) is 58.1 Å². The molecule has 0 aliphatic rings. The SMILES string of the molecule is CCOP(=O)(C/C=C(C)/C=C/C=C(\C)CCC=C(C)C)OCC.CCOP(=O)(C=C=C(C)/C=C/C=C(\C)CCC=C(C)C)OCC. The molecule has 0 radical (unpaired) electrons. The average Bonchev–Trinajstić information content (AvgIpc) is 2.96. The predicted molar refractivity (Wildman–Crippen MR) is 201 cm³/mol. The van der Waals surface area contributed by atoms with Gasteiger partial charge in [-0.15, -0.1) is 5.73 Å². The van der Waals surface area contributed by atoms with Crippen molar-refractivity contribution in [3.05, 3.63) is 99.7 Å². The minimum Gasteiger partial charge on any atom is -0.309 e. The second kappa shape index (κ2) is 28.1. The van der Waals surface area contributed by atoms with Crippen LogP contribution in [0.5, 0.6) is 0 Å². The molecule has 0 saturated heterocycles. The van der Waals surface area contributed by atoms with E-state index in [2.05, 4.69) is 71.6 Å². The molecule has 0 rings (SSSR count). The van der Waals surface area contributed by atoms with Gasteiger partial charge in [-0.25, -0.2) is 0 Å². The summed E-state index contributed by atoms with van der Waals surface area (Å²) in [6.45, 7) is 25.3. The lowest BCUT2D eigenvalue weighted by Crippen LogP contribution is -1.98. The Morgan fingerprint density at radius 2 is 1.04 bits per heavy atom. The van der Waals surface area contributed by atoms with E-state index in [-0.39, 0.29) is 0 Å². The number of hydrogen-bond acceptors (Lipinski definition) is 6. The molecule has 262 valence electrons. The quantitative estimate of drug-likeness (QED) is 0.0521. The van der Waals surface area contributed by atoms with E-state index in [1.54, 1.807) is 13.8 Å². The fourth-order valence-corrected chi connectivity index (χ4v) is 6.51. The summed E-state index contributed by atoms with van der Waals surface area (Å²) in [5.74, 6) is 1.41. The number of hydrogen-bond donors (Lipinski definition) is 0. The third-order valence-electron chi connectivity index (χ3n) is 6.01. The third kappa shape index (κ3) is 28.2. The lowest BCUT2D eigenvalue weighted by atomic mass is 10.1. The summed E-state index contributed by atoms with van der Waals surface area (Å²) in [4.78, 5) is 0. The highest BCUT2D eigenvalue weighted by molar-refractivity contribution is 7.57. The molecule has 6 nitrogen and oxygen atoms in total. The molecule has 0 heterocycles. The molecule has 46 heavy (non-hydrogen) atoms. The zero-order valence-corrected chi connectivity index (χ0v) is 32.8. The van der Waals surface area contributed by atoms with Crippen molar-refractivity contribution in [1.82, 2.24) is 0 Å². The van der Waals surface area contributed by atoms with Crippen LogP contribution < -0.4 is 0 Å². The van der Waals surface area contributed by atoms with Gasteiger partial charge in [-0.05, 0) is 114 Å². The zero-order valence-electron chi connectivity index (χ0n) is 31.0. The molecule has 0 aliphatic heterocycles. The van der Waals surface area contributed by atoms with Crippen molar-refractivity contribution < 1.29 is 27.2 Å². The van der Waals surface area contributed by atoms with Crippen molar-refractivity contribution in [3.8, 4) is 0 Å². The molecule has 0 aliphatic carbocycles. The average molecular weight is 679 g/mol. The van der Waals surface area contributed by atoms with E-state index in [0.717, 1.165) is 36.8 Å². The van der Waals surface area contributed by atoms with Crippen molar-refractivity contribution in [2.45, 2.75) is 109 Å². The summed E-state index contributed by atoms with van der Waals surface area (Å²) in [5.41, 5.74) is 10.3. The maximum absolute atomic E-state index is 12.3. The molecular weight excluding hydrogens is 614 g/mol. The first-order valence-electron chi connectivity index (χ1n) is 16.5. The van der Waals surface area contributed by atoms with Gasteiger partial charge in [0.2, 0.25) is 0 Å². The molecule has 0 fully saturated rings. The van der Waals surface area contributed by atoms with E-state index >= 15 is 0 Å². The fraction of sp³-hybridized carbons (Fsp3) is 0.553. The molecule has 0 aromatic heterocycles. The highest BCUT2D eigenvalue weighted by Crippen LogP contribution is 2.49. The van der Waals surface area contributed by atoms with Crippen LogP contribution in [0.15, 0.2) is 99.7 Å². The van der Waals surface area contributed by atoms with Gasteiger partial charge in [0, 0.05) is 0 Å². The molecule has 8 heteroatoms. The second-order valence-corrected chi connectivity index (χ2v) is 15.3.